The zero-order valence-electron chi connectivity index (χ0n) is 11.0. The number of benzene rings is 1. The predicted molar refractivity (Wildman–Crippen MR) is 73.7 cm³/mol. The standard InChI is InChI=1S/C14H19N3O2/c1-2-11(18)7-8-15-14(19)9-17-10-16-12-5-3-4-6-13(12)17/h3-6,10-11,18H,2,7-9H2,1H3,(H,15,19). The lowest BCUT2D eigenvalue weighted by Crippen LogP contribution is -2.30. The maximum absolute atomic E-state index is 11.8. The largest absolute Gasteiger partial charge is 0.393 e. The Kier molecular flexibility index (Phi) is 4.52. The highest BCUT2D eigenvalue weighted by molar-refractivity contribution is 5.80. The van der Waals surface area contributed by atoms with Gasteiger partial charge in [0, 0.05) is 6.54 Å². The number of aromatic nitrogens is 2. The topological polar surface area (TPSA) is 67.2 Å². The maximum atomic E-state index is 11.8. The summed E-state index contributed by atoms with van der Waals surface area (Å²) in [5.41, 5.74) is 1.84. The van der Waals surface area contributed by atoms with E-state index in [9.17, 15) is 9.90 Å². The molecule has 1 atom stereocenters. The van der Waals surface area contributed by atoms with Crippen molar-refractivity contribution in [2.45, 2.75) is 32.4 Å². The van der Waals surface area contributed by atoms with E-state index in [1.165, 1.54) is 0 Å². The Labute approximate surface area is 112 Å². The summed E-state index contributed by atoms with van der Waals surface area (Å²) in [4.78, 5) is 16.0. The van der Waals surface area contributed by atoms with Gasteiger partial charge in [-0.15, -0.1) is 0 Å². The second kappa shape index (κ2) is 6.33. The summed E-state index contributed by atoms with van der Waals surface area (Å²) in [5.74, 6) is -0.0635. The van der Waals surface area contributed by atoms with E-state index in [4.69, 9.17) is 0 Å². The molecule has 0 aliphatic heterocycles. The molecule has 5 heteroatoms. The third kappa shape index (κ3) is 3.54. The smallest absolute Gasteiger partial charge is 0.239 e. The average molecular weight is 261 g/mol. The first-order chi connectivity index (χ1) is 9.20. The molecule has 1 amide bonds. The molecule has 2 N–H and O–H groups in total. The number of carbonyl (C=O) groups is 1. The normalized spacial score (nSPS) is 12.5. The summed E-state index contributed by atoms with van der Waals surface area (Å²) >= 11 is 0. The van der Waals surface area contributed by atoms with Crippen molar-refractivity contribution in [3.8, 4) is 0 Å². The number of carbonyl (C=O) groups excluding carboxylic acids is 1. The molecule has 0 fully saturated rings. The molecule has 1 aromatic carbocycles. The molecule has 102 valence electrons. The zero-order valence-corrected chi connectivity index (χ0v) is 11.0. The Morgan fingerprint density at radius 1 is 1.47 bits per heavy atom. The van der Waals surface area contributed by atoms with E-state index in [-0.39, 0.29) is 18.6 Å². The minimum Gasteiger partial charge on any atom is -0.393 e. The van der Waals surface area contributed by atoms with E-state index < -0.39 is 0 Å². The van der Waals surface area contributed by atoms with Gasteiger partial charge >= 0.3 is 0 Å². The highest BCUT2D eigenvalue weighted by Crippen LogP contribution is 2.11. The fourth-order valence-corrected chi connectivity index (χ4v) is 1.93. The highest BCUT2D eigenvalue weighted by Gasteiger charge is 2.07. The minimum absolute atomic E-state index is 0.0635. The van der Waals surface area contributed by atoms with Gasteiger partial charge in [0.2, 0.25) is 5.91 Å². The van der Waals surface area contributed by atoms with Crippen molar-refractivity contribution in [3.63, 3.8) is 0 Å². The quantitative estimate of drug-likeness (QED) is 0.824. The van der Waals surface area contributed by atoms with Crippen LogP contribution in [-0.2, 0) is 11.3 Å². The van der Waals surface area contributed by atoms with Crippen molar-refractivity contribution in [2.75, 3.05) is 6.54 Å². The van der Waals surface area contributed by atoms with Crippen LogP contribution >= 0.6 is 0 Å². The molecule has 5 nitrogen and oxygen atoms in total. The van der Waals surface area contributed by atoms with Gasteiger partial charge in [0.15, 0.2) is 0 Å². The number of aliphatic hydroxyl groups excluding tert-OH is 1. The van der Waals surface area contributed by atoms with Crippen LogP contribution in [0.15, 0.2) is 30.6 Å². The molecule has 0 aliphatic rings. The summed E-state index contributed by atoms with van der Waals surface area (Å²) in [5, 5.41) is 12.2. The number of amides is 1. The Hall–Kier alpha value is -1.88. The first-order valence-electron chi connectivity index (χ1n) is 6.55. The third-order valence-corrected chi connectivity index (χ3v) is 3.11. The van der Waals surface area contributed by atoms with E-state index in [0.29, 0.717) is 19.4 Å². The van der Waals surface area contributed by atoms with Gasteiger partial charge in [-0.1, -0.05) is 19.1 Å². The lowest BCUT2D eigenvalue weighted by Gasteiger charge is -2.09. The molecule has 0 spiro atoms. The first kappa shape index (κ1) is 13.5. The second-order valence-electron chi connectivity index (χ2n) is 4.56. The molecule has 0 radical (unpaired) electrons. The van der Waals surface area contributed by atoms with Gasteiger partial charge in [0.25, 0.3) is 0 Å². The molecular formula is C14H19N3O2. The minimum atomic E-state index is -0.339. The second-order valence-corrected chi connectivity index (χ2v) is 4.56. The van der Waals surface area contributed by atoms with Crippen molar-refractivity contribution >= 4 is 16.9 Å². The fourth-order valence-electron chi connectivity index (χ4n) is 1.93. The summed E-state index contributed by atoms with van der Waals surface area (Å²) < 4.78 is 1.82. The number of aliphatic hydroxyl groups is 1. The van der Waals surface area contributed by atoms with E-state index >= 15 is 0 Å². The molecule has 1 heterocycles. The number of hydrogen-bond donors (Lipinski definition) is 2. The predicted octanol–water partition coefficient (Wildman–Crippen LogP) is 1.31. The number of rotatable bonds is 6. The molecule has 2 rings (SSSR count). The van der Waals surface area contributed by atoms with Crippen LogP contribution in [0.5, 0.6) is 0 Å². The average Bonchev–Trinajstić information content (AvgIpc) is 2.82. The lowest BCUT2D eigenvalue weighted by molar-refractivity contribution is -0.121. The summed E-state index contributed by atoms with van der Waals surface area (Å²) in [6.07, 6.45) is 2.63. The van der Waals surface area contributed by atoms with Crippen LogP contribution in [0.3, 0.4) is 0 Å². The number of nitrogens with one attached hydrogen (secondary N) is 1. The van der Waals surface area contributed by atoms with Crippen LogP contribution in [0, 0.1) is 0 Å². The van der Waals surface area contributed by atoms with E-state index in [1.54, 1.807) is 6.33 Å². The molecule has 0 saturated heterocycles. The van der Waals surface area contributed by atoms with Gasteiger partial charge < -0.3 is 15.0 Å². The number of fused-ring (bicyclic) bond motifs is 1. The highest BCUT2D eigenvalue weighted by atomic mass is 16.3. The molecule has 1 unspecified atom stereocenters. The number of hydrogen-bond acceptors (Lipinski definition) is 3. The van der Waals surface area contributed by atoms with Crippen molar-refractivity contribution in [1.29, 1.82) is 0 Å². The first-order valence-corrected chi connectivity index (χ1v) is 6.55. The number of imidazole rings is 1. The summed E-state index contributed by atoms with van der Waals surface area (Å²) in [7, 11) is 0. The molecule has 0 saturated carbocycles. The molecular weight excluding hydrogens is 242 g/mol. The van der Waals surface area contributed by atoms with Gasteiger partial charge in [-0.2, -0.15) is 0 Å². The van der Waals surface area contributed by atoms with Crippen LogP contribution in [0.1, 0.15) is 19.8 Å². The molecule has 1 aromatic heterocycles. The Balaban J connectivity index is 1.88. The van der Waals surface area contributed by atoms with Gasteiger partial charge in [-0.25, -0.2) is 4.98 Å². The van der Waals surface area contributed by atoms with E-state index in [1.807, 2.05) is 35.8 Å². The van der Waals surface area contributed by atoms with Gasteiger partial charge in [-0.05, 0) is 25.0 Å². The van der Waals surface area contributed by atoms with Crippen molar-refractivity contribution in [1.82, 2.24) is 14.9 Å². The Morgan fingerprint density at radius 3 is 3.05 bits per heavy atom. The molecule has 2 aromatic rings. The van der Waals surface area contributed by atoms with Crippen LogP contribution in [0.2, 0.25) is 0 Å². The van der Waals surface area contributed by atoms with Crippen LogP contribution in [0.4, 0.5) is 0 Å². The Morgan fingerprint density at radius 2 is 2.26 bits per heavy atom. The van der Waals surface area contributed by atoms with Crippen molar-refractivity contribution in [3.05, 3.63) is 30.6 Å². The van der Waals surface area contributed by atoms with Crippen molar-refractivity contribution < 1.29 is 9.90 Å². The third-order valence-electron chi connectivity index (χ3n) is 3.11. The van der Waals surface area contributed by atoms with Crippen LogP contribution in [0.25, 0.3) is 11.0 Å². The fraction of sp³-hybridized carbons (Fsp3) is 0.429. The zero-order chi connectivity index (χ0) is 13.7. The van der Waals surface area contributed by atoms with E-state index in [0.717, 1.165) is 11.0 Å². The maximum Gasteiger partial charge on any atom is 0.239 e. The SMILES string of the molecule is CCC(O)CCNC(=O)Cn1cnc2ccccc21. The molecule has 19 heavy (non-hydrogen) atoms. The van der Waals surface area contributed by atoms with E-state index in [2.05, 4.69) is 10.3 Å². The van der Waals surface area contributed by atoms with Crippen LogP contribution in [-0.4, -0.2) is 33.2 Å². The van der Waals surface area contributed by atoms with Gasteiger partial charge in [0.1, 0.15) is 6.54 Å². The number of nitrogens with zero attached hydrogens (tertiary/aromatic N) is 2. The summed E-state index contributed by atoms with van der Waals surface area (Å²) in [6, 6.07) is 7.71. The summed E-state index contributed by atoms with van der Waals surface area (Å²) in [6.45, 7) is 2.67. The number of para-hydroxylation sites is 2. The lowest BCUT2D eigenvalue weighted by atomic mass is 10.2. The monoisotopic (exact) mass is 261 g/mol. The molecule has 0 bridgehead atoms. The van der Waals surface area contributed by atoms with Gasteiger partial charge in [0.05, 0.1) is 23.5 Å². The Bertz CT molecular complexity index is 550. The van der Waals surface area contributed by atoms with Crippen molar-refractivity contribution in [2.24, 2.45) is 0 Å². The molecule has 0 aliphatic carbocycles. The van der Waals surface area contributed by atoms with Gasteiger partial charge in [-0.3, -0.25) is 4.79 Å². The van der Waals surface area contributed by atoms with Crippen LogP contribution < -0.4 is 5.32 Å².